The highest BCUT2D eigenvalue weighted by molar-refractivity contribution is 7.89. The van der Waals surface area contributed by atoms with Crippen molar-refractivity contribution < 1.29 is 27.5 Å². The van der Waals surface area contributed by atoms with Crippen LogP contribution in [0, 0.1) is 5.92 Å². The number of hydrogen-bond donors (Lipinski definition) is 2. The van der Waals surface area contributed by atoms with Crippen molar-refractivity contribution >= 4 is 21.7 Å². The zero-order chi connectivity index (χ0) is 19.2. The molecule has 2 N–H and O–H groups in total. The van der Waals surface area contributed by atoms with Gasteiger partial charge in [-0.25, -0.2) is 8.42 Å². The van der Waals surface area contributed by atoms with Crippen molar-refractivity contribution in [3.63, 3.8) is 0 Å². The van der Waals surface area contributed by atoms with E-state index in [4.69, 9.17) is 9.52 Å². The average Bonchev–Trinajstić information content (AvgIpc) is 3.00. The average molecular weight is 385 g/mol. The summed E-state index contributed by atoms with van der Waals surface area (Å²) in [7, 11) is -3.24. The zero-order valence-corrected chi connectivity index (χ0v) is 15.9. The van der Waals surface area contributed by atoms with Crippen LogP contribution in [0.15, 0.2) is 16.5 Å². The molecule has 1 heterocycles. The van der Waals surface area contributed by atoms with Gasteiger partial charge in [-0.3, -0.25) is 9.59 Å². The molecule has 0 aliphatic heterocycles. The third-order valence-corrected chi connectivity index (χ3v) is 5.48. The molecule has 1 unspecified atom stereocenters. The van der Waals surface area contributed by atoms with Crippen molar-refractivity contribution in [2.24, 2.45) is 5.92 Å². The van der Waals surface area contributed by atoms with Gasteiger partial charge in [0.2, 0.25) is 0 Å². The molecule has 1 saturated carbocycles. The van der Waals surface area contributed by atoms with Gasteiger partial charge in [-0.2, -0.15) is 0 Å². The summed E-state index contributed by atoms with van der Waals surface area (Å²) in [6, 6.07) is 2.69. The minimum Gasteiger partial charge on any atom is -0.481 e. The molecule has 1 fully saturated rings. The third kappa shape index (κ3) is 7.19. The van der Waals surface area contributed by atoms with Gasteiger partial charge in [-0.05, 0) is 30.9 Å². The van der Waals surface area contributed by atoms with Gasteiger partial charge in [-0.15, -0.1) is 0 Å². The van der Waals surface area contributed by atoms with Gasteiger partial charge < -0.3 is 14.8 Å². The van der Waals surface area contributed by atoms with E-state index >= 15 is 0 Å². The Bertz CT molecular complexity index is 718. The number of hydrogen-bond acceptors (Lipinski definition) is 5. The molecular weight excluding hydrogens is 358 g/mol. The molecule has 26 heavy (non-hydrogen) atoms. The van der Waals surface area contributed by atoms with Crippen LogP contribution in [0.2, 0.25) is 0 Å². The number of sulfone groups is 1. The summed E-state index contributed by atoms with van der Waals surface area (Å²) in [4.78, 5) is 23.3. The fraction of sp³-hybridized carbons (Fsp3) is 0.667. The Kier molecular flexibility index (Phi) is 7.25. The van der Waals surface area contributed by atoms with E-state index in [1.54, 1.807) is 0 Å². The van der Waals surface area contributed by atoms with Gasteiger partial charge in [0.05, 0.1) is 0 Å². The van der Waals surface area contributed by atoms with E-state index in [9.17, 15) is 18.0 Å². The van der Waals surface area contributed by atoms with Crippen LogP contribution in [0.4, 0.5) is 0 Å². The van der Waals surface area contributed by atoms with Crippen LogP contribution in [-0.2, 0) is 20.4 Å². The Balaban J connectivity index is 1.98. The number of carbonyl (C=O) groups is 2. The first kappa shape index (κ1) is 20.5. The zero-order valence-electron chi connectivity index (χ0n) is 15.1. The summed E-state index contributed by atoms with van der Waals surface area (Å²) in [5, 5.41) is 11.8. The molecule has 8 heteroatoms. The van der Waals surface area contributed by atoms with E-state index in [1.807, 2.05) is 0 Å². The van der Waals surface area contributed by atoms with E-state index < -0.39 is 21.7 Å². The number of aliphatic carboxylic acids is 1. The van der Waals surface area contributed by atoms with Crippen molar-refractivity contribution in [3.05, 3.63) is 23.7 Å². The van der Waals surface area contributed by atoms with E-state index in [2.05, 4.69) is 5.32 Å². The molecule has 1 aliphatic rings. The van der Waals surface area contributed by atoms with Gasteiger partial charge in [0, 0.05) is 18.7 Å². The molecule has 0 saturated heterocycles. The minimum absolute atomic E-state index is 0.00481. The summed E-state index contributed by atoms with van der Waals surface area (Å²) in [6.45, 7) is 0. The molecule has 0 aromatic carbocycles. The van der Waals surface area contributed by atoms with Gasteiger partial charge >= 0.3 is 5.97 Å². The van der Waals surface area contributed by atoms with E-state index in [1.165, 1.54) is 31.4 Å². The summed E-state index contributed by atoms with van der Waals surface area (Å²) >= 11 is 0. The first-order valence-electron chi connectivity index (χ1n) is 9.02. The van der Waals surface area contributed by atoms with E-state index in [0.29, 0.717) is 12.3 Å². The molecule has 7 nitrogen and oxygen atoms in total. The summed E-state index contributed by atoms with van der Waals surface area (Å²) in [6.07, 6.45) is 8.03. The lowest BCUT2D eigenvalue weighted by atomic mass is 9.84. The molecule has 0 spiro atoms. The van der Waals surface area contributed by atoms with Crippen LogP contribution < -0.4 is 5.32 Å². The molecular formula is C18H27NO6S. The number of carboxylic acid groups (broad SMARTS) is 1. The molecule has 1 aromatic rings. The monoisotopic (exact) mass is 385 g/mol. The third-order valence-electron chi connectivity index (χ3n) is 4.67. The minimum atomic E-state index is -3.24. The number of carbonyl (C=O) groups excluding carboxylic acids is 1. The Morgan fingerprint density at radius 2 is 1.96 bits per heavy atom. The van der Waals surface area contributed by atoms with Crippen molar-refractivity contribution in [1.29, 1.82) is 0 Å². The van der Waals surface area contributed by atoms with Crippen LogP contribution in [0.5, 0.6) is 0 Å². The van der Waals surface area contributed by atoms with Crippen molar-refractivity contribution in [2.75, 3.05) is 6.26 Å². The second-order valence-corrected chi connectivity index (χ2v) is 9.32. The van der Waals surface area contributed by atoms with Gasteiger partial charge in [0.25, 0.3) is 5.91 Å². The second-order valence-electron chi connectivity index (χ2n) is 7.18. The molecule has 1 atom stereocenters. The highest BCUT2D eigenvalue weighted by Crippen LogP contribution is 2.28. The van der Waals surface area contributed by atoms with E-state index in [-0.39, 0.29) is 29.7 Å². The number of furan rings is 1. The fourth-order valence-electron chi connectivity index (χ4n) is 3.46. The molecule has 1 amide bonds. The number of carboxylic acids is 1. The van der Waals surface area contributed by atoms with Crippen LogP contribution in [0.3, 0.4) is 0 Å². The number of nitrogens with one attached hydrogen (secondary N) is 1. The SMILES string of the molecule is CS(=O)(=O)Cc1ccc(C(=O)NC(CCC(=O)O)CC2CCCCC2)o1. The van der Waals surface area contributed by atoms with Crippen molar-refractivity contribution in [1.82, 2.24) is 5.32 Å². The standard InChI is InChI=1S/C18H27NO6S/c1-26(23,24)12-15-8-9-16(25-15)18(22)19-14(7-10-17(20)21)11-13-5-3-2-4-6-13/h8-9,13-14H,2-7,10-12H2,1H3,(H,19,22)(H,20,21). The van der Waals surface area contributed by atoms with Crippen molar-refractivity contribution in [2.45, 2.75) is 63.2 Å². The number of rotatable bonds is 9. The Labute approximate surface area is 154 Å². The Morgan fingerprint density at radius 1 is 1.27 bits per heavy atom. The maximum Gasteiger partial charge on any atom is 0.303 e. The van der Waals surface area contributed by atoms with Crippen LogP contribution in [0.25, 0.3) is 0 Å². The first-order chi connectivity index (χ1) is 12.2. The molecule has 1 aromatic heterocycles. The normalized spacial score (nSPS) is 17.0. The summed E-state index contributed by atoms with van der Waals surface area (Å²) in [5.41, 5.74) is 0. The molecule has 146 valence electrons. The van der Waals surface area contributed by atoms with Crippen LogP contribution in [0.1, 0.15) is 67.7 Å². The largest absolute Gasteiger partial charge is 0.481 e. The molecule has 0 bridgehead atoms. The highest BCUT2D eigenvalue weighted by Gasteiger charge is 2.23. The Hall–Kier alpha value is -1.83. The predicted molar refractivity (Wildman–Crippen MR) is 96.6 cm³/mol. The fourth-order valence-corrected chi connectivity index (χ4v) is 4.14. The van der Waals surface area contributed by atoms with Gasteiger partial charge in [-0.1, -0.05) is 32.1 Å². The lowest BCUT2D eigenvalue weighted by Gasteiger charge is -2.26. The lowest BCUT2D eigenvalue weighted by Crippen LogP contribution is -2.37. The first-order valence-corrected chi connectivity index (χ1v) is 11.1. The number of amides is 1. The summed E-state index contributed by atoms with van der Waals surface area (Å²) in [5.74, 6) is -0.817. The van der Waals surface area contributed by atoms with Crippen LogP contribution >= 0.6 is 0 Å². The summed E-state index contributed by atoms with van der Waals surface area (Å²) < 4.78 is 28.0. The smallest absolute Gasteiger partial charge is 0.303 e. The van der Waals surface area contributed by atoms with E-state index in [0.717, 1.165) is 25.5 Å². The van der Waals surface area contributed by atoms with Gasteiger partial charge in [0.15, 0.2) is 15.6 Å². The molecule has 1 aliphatic carbocycles. The predicted octanol–water partition coefficient (Wildman–Crippen LogP) is 2.76. The quantitative estimate of drug-likeness (QED) is 0.676. The topological polar surface area (TPSA) is 114 Å². The second kappa shape index (κ2) is 9.21. The maximum atomic E-state index is 12.4. The van der Waals surface area contributed by atoms with Gasteiger partial charge in [0.1, 0.15) is 11.5 Å². The highest BCUT2D eigenvalue weighted by atomic mass is 32.2. The van der Waals surface area contributed by atoms with Crippen molar-refractivity contribution in [3.8, 4) is 0 Å². The molecule has 2 rings (SSSR count). The Morgan fingerprint density at radius 3 is 2.58 bits per heavy atom. The maximum absolute atomic E-state index is 12.4. The van der Waals surface area contributed by atoms with Crippen LogP contribution in [-0.4, -0.2) is 37.7 Å². The lowest BCUT2D eigenvalue weighted by molar-refractivity contribution is -0.137. The molecule has 0 radical (unpaired) electrons.